The van der Waals surface area contributed by atoms with E-state index in [1.54, 1.807) is 13.2 Å². The number of carbonyl (C=O) groups excluding carboxylic acids is 1. The highest BCUT2D eigenvalue weighted by molar-refractivity contribution is 5.87. The van der Waals surface area contributed by atoms with E-state index in [1.165, 1.54) is 5.57 Å². The summed E-state index contributed by atoms with van der Waals surface area (Å²) < 4.78 is 18.0. The first-order valence-corrected chi connectivity index (χ1v) is 14.4. The molecule has 0 aromatic heterocycles. The van der Waals surface area contributed by atoms with E-state index in [0.717, 1.165) is 44.1 Å². The van der Waals surface area contributed by atoms with Gasteiger partial charge in [-0.2, -0.15) is 0 Å². The monoisotopic (exact) mass is 525 g/mol. The summed E-state index contributed by atoms with van der Waals surface area (Å²) in [5.74, 6) is 0.909. The third-order valence-corrected chi connectivity index (χ3v) is 8.36. The zero-order valence-corrected chi connectivity index (χ0v) is 23.4. The van der Waals surface area contributed by atoms with E-state index >= 15 is 0 Å². The van der Waals surface area contributed by atoms with Crippen LogP contribution in [-0.2, 0) is 19.0 Å². The summed E-state index contributed by atoms with van der Waals surface area (Å²) in [5.41, 5.74) is 2.44. The summed E-state index contributed by atoms with van der Waals surface area (Å²) >= 11 is 0. The van der Waals surface area contributed by atoms with Gasteiger partial charge in [-0.1, -0.05) is 61.1 Å². The predicted octanol–water partition coefficient (Wildman–Crippen LogP) is 5.20. The molecule has 0 aromatic carbocycles. The van der Waals surface area contributed by atoms with Crippen molar-refractivity contribution in [3.05, 3.63) is 60.3 Å². The number of carbonyl (C=O) groups is 1. The molecule has 4 rings (SSSR count). The Balaban J connectivity index is 1.47. The van der Waals surface area contributed by atoms with Crippen molar-refractivity contribution in [1.82, 2.24) is 5.32 Å². The summed E-state index contributed by atoms with van der Waals surface area (Å²) in [7, 11) is 1.68. The second kappa shape index (κ2) is 13.9. The van der Waals surface area contributed by atoms with Crippen LogP contribution < -0.4 is 5.32 Å². The Kier molecular flexibility index (Phi) is 10.6. The van der Waals surface area contributed by atoms with Crippen molar-refractivity contribution in [2.75, 3.05) is 13.7 Å². The molecule has 2 N–H and O–H groups in total. The van der Waals surface area contributed by atoms with E-state index in [0.29, 0.717) is 31.3 Å². The molecule has 0 unspecified atom stereocenters. The third-order valence-electron chi connectivity index (χ3n) is 8.36. The molecular formula is C32H47NO5. The van der Waals surface area contributed by atoms with Gasteiger partial charge >= 0.3 is 0 Å². The van der Waals surface area contributed by atoms with Crippen LogP contribution in [0.2, 0.25) is 0 Å². The van der Waals surface area contributed by atoms with Crippen LogP contribution in [0.25, 0.3) is 0 Å². The molecule has 1 amide bonds. The highest BCUT2D eigenvalue weighted by atomic mass is 16.5. The second-order valence-electron chi connectivity index (χ2n) is 11.9. The molecule has 6 heteroatoms. The Hall–Kier alpha value is -1.99. The Bertz CT molecular complexity index is 936. The molecule has 6 nitrogen and oxygen atoms in total. The molecule has 1 aliphatic carbocycles. The zero-order valence-electron chi connectivity index (χ0n) is 23.4. The van der Waals surface area contributed by atoms with Crippen molar-refractivity contribution in [3.63, 3.8) is 0 Å². The molecular weight excluding hydrogens is 478 g/mol. The molecule has 1 saturated carbocycles. The molecule has 1 fully saturated rings. The largest absolute Gasteiger partial charge is 0.392 e. The van der Waals surface area contributed by atoms with Gasteiger partial charge in [-0.3, -0.25) is 4.79 Å². The number of methoxy groups -OCH3 is 1. The second-order valence-corrected chi connectivity index (χ2v) is 11.9. The molecule has 38 heavy (non-hydrogen) atoms. The highest BCUT2D eigenvalue weighted by Crippen LogP contribution is 2.46. The van der Waals surface area contributed by atoms with Crippen molar-refractivity contribution in [2.24, 2.45) is 17.8 Å². The van der Waals surface area contributed by atoms with Crippen LogP contribution in [0.5, 0.6) is 0 Å². The van der Waals surface area contributed by atoms with E-state index in [1.807, 2.05) is 12.2 Å². The zero-order chi connectivity index (χ0) is 27.1. The maximum absolute atomic E-state index is 13.0. The lowest BCUT2D eigenvalue weighted by Gasteiger charge is -2.28. The number of amides is 1. The van der Waals surface area contributed by atoms with Crippen LogP contribution in [0.3, 0.4) is 0 Å². The molecule has 0 aromatic rings. The van der Waals surface area contributed by atoms with E-state index in [-0.39, 0.29) is 42.3 Å². The SMILES string of the molecule is C=C1C[C@H](C)C[C@@H]2CC=C[C@@H](C/C=C\C(=O)N[C@H]([C@H](/C=C/[C@@H]3CC(C)=CCO3)OC)C[C@H]3C[C@H]3[C@@H](O)C1)O2. The molecule has 3 aliphatic heterocycles. The van der Waals surface area contributed by atoms with Gasteiger partial charge in [0, 0.05) is 7.11 Å². The van der Waals surface area contributed by atoms with Crippen LogP contribution in [-0.4, -0.2) is 61.3 Å². The first-order chi connectivity index (χ1) is 18.3. The standard InChI is InChI=1S/C32H47NO5/c1-21-13-14-37-26(16-21)11-12-31(36-4)29-20-24-19-28(24)30(34)18-23(3)15-22(2)17-27-9-5-7-25(38-27)8-6-10-32(35)33-29/h5-7,10-13,22,24-31,34H,3,8-9,14-20H2,1-2,4H3,(H,33,35)/b10-6-,12-11+/t22-,24+,25-,26+,27-,28+,29-,30-,31-/m0/s1. The third kappa shape index (κ3) is 8.77. The number of rotatable bonds is 4. The molecule has 0 radical (unpaired) electrons. The van der Waals surface area contributed by atoms with Gasteiger partial charge < -0.3 is 24.6 Å². The van der Waals surface area contributed by atoms with E-state index in [4.69, 9.17) is 14.2 Å². The maximum atomic E-state index is 13.0. The van der Waals surface area contributed by atoms with Gasteiger partial charge in [-0.15, -0.1) is 0 Å². The molecule has 3 heterocycles. The molecule has 9 atom stereocenters. The summed E-state index contributed by atoms with van der Waals surface area (Å²) in [6.45, 7) is 9.28. The minimum absolute atomic E-state index is 0.0143. The van der Waals surface area contributed by atoms with Gasteiger partial charge in [0.15, 0.2) is 0 Å². The first-order valence-electron chi connectivity index (χ1n) is 14.4. The predicted molar refractivity (Wildman–Crippen MR) is 151 cm³/mol. The lowest BCUT2D eigenvalue weighted by atomic mass is 9.90. The topological polar surface area (TPSA) is 77.0 Å². The molecule has 2 bridgehead atoms. The fourth-order valence-corrected chi connectivity index (χ4v) is 6.23. The van der Waals surface area contributed by atoms with E-state index < -0.39 is 6.10 Å². The smallest absolute Gasteiger partial charge is 0.243 e. The van der Waals surface area contributed by atoms with Gasteiger partial charge in [-0.05, 0) is 82.1 Å². The lowest BCUT2D eigenvalue weighted by Crippen LogP contribution is -2.43. The summed E-state index contributed by atoms with van der Waals surface area (Å²) in [4.78, 5) is 13.0. The molecule has 0 spiro atoms. The fourth-order valence-electron chi connectivity index (χ4n) is 6.23. The minimum Gasteiger partial charge on any atom is -0.392 e. The average Bonchev–Trinajstić information content (AvgIpc) is 3.63. The molecule has 0 saturated heterocycles. The lowest BCUT2D eigenvalue weighted by molar-refractivity contribution is -0.118. The number of hydrogen-bond donors (Lipinski definition) is 2. The number of nitrogens with one attached hydrogen (secondary N) is 1. The van der Waals surface area contributed by atoms with Crippen molar-refractivity contribution < 1.29 is 24.1 Å². The fraction of sp³-hybridized carbons (Fsp3) is 0.656. The van der Waals surface area contributed by atoms with E-state index in [9.17, 15) is 9.90 Å². The normalized spacial score (nSPS) is 38.9. The first kappa shape index (κ1) is 29.0. The van der Waals surface area contributed by atoms with Gasteiger partial charge in [0.2, 0.25) is 5.91 Å². The Morgan fingerprint density at radius 3 is 2.82 bits per heavy atom. The van der Waals surface area contributed by atoms with Gasteiger partial charge in [0.1, 0.15) is 0 Å². The number of hydrogen-bond acceptors (Lipinski definition) is 5. The van der Waals surface area contributed by atoms with Gasteiger partial charge in [0.25, 0.3) is 0 Å². The van der Waals surface area contributed by atoms with Crippen molar-refractivity contribution in [1.29, 1.82) is 0 Å². The van der Waals surface area contributed by atoms with Crippen LogP contribution in [0.1, 0.15) is 65.2 Å². The Morgan fingerprint density at radius 1 is 1.18 bits per heavy atom. The Morgan fingerprint density at radius 2 is 2.03 bits per heavy atom. The number of aliphatic hydroxyl groups is 1. The van der Waals surface area contributed by atoms with Crippen LogP contribution >= 0.6 is 0 Å². The number of ether oxygens (including phenoxy) is 3. The maximum Gasteiger partial charge on any atom is 0.243 e. The Labute approximate surface area is 228 Å². The summed E-state index contributed by atoms with van der Waals surface area (Å²) in [6, 6.07) is -0.201. The minimum atomic E-state index is -0.394. The quantitative estimate of drug-likeness (QED) is 0.494. The average molecular weight is 526 g/mol. The van der Waals surface area contributed by atoms with Crippen LogP contribution in [0, 0.1) is 17.8 Å². The van der Waals surface area contributed by atoms with Crippen LogP contribution in [0.4, 0.5) is 0 Å². The van der Waals surface area contributed by atoms with Crippen molar-refractivity contribution in [2.45, 2.75) is 102 Å². The molecule has 4 aliphatic rings. The van der Waals surface area contributed by atoms with Crippen LogP contribution in [0.15, 0.2) is 60.3 Å². The van der Waals surface area contributed by atoms with Gasteiger partial charge in [0.05, 0.1) is 43.2 Å². The van der Waals surface area contributed by atoms with Crippen molar-refractivity contribution >= 4 is 5.91 Å². The highest BCUT2D eigenvalue weighted by Gasteiger charge is 2.44. The van der Waals surface area contributed by atoms with Crippen molar-refractivity contribution in [3.8, 4) is 0 Å². The molecule has 210 valence electrons. The number of fused-ring (bicyclic) bond motifs is 3. The van der Waals surface area contributed by atoms with Gasteiger partial charge in [-0.25, -0.2) is 0 Å². The summed E-state index contributed by atoms with van der Waals surface area (Å²) in [6.07, 6.45) is 20.2. The summed E-state index contributed by atoms with van der Waals surface area (Å²) in [5, 5.41) is 14.2. The van der Waals surface area contributed by atoms with E-state index in [2.05, 4.69) is 50.0 Å². The number of aliphatic hydroxyl groups excluding tert-OH is 1.